The van der Waals surface area contributed by atoms with Crippen molar-refractivity contribution in [1.29, 1.82) is 0 Å². The van der Waals surface area contributed by atoms with E-state index in [0.29, 0.717) is 6.42 Å². The van der Waals surface area contributed by atoms with Crippen molar-refractivity contribution in [3.63, 3.8) is 0 Å². The lowest BCUT2D eigenvalue weighted by atomic mass is 10.1. The zero-order valence-electron chi connectivity index (χ0n) is 7.75. The van der Waals surface area contributed by atoms with E-state index in [1.165, 1.54) is 6.92 Å². The van der Waals surface area contributed by atoms with Crippen LogP contribution in [0.5, 0.6) is 0 Å². The van der Waals surface area contributed by atoms with Gasteiger partial charge in [0, 0.05) is 0 Å². The van der Waals surface area contributed by atoms with Crippen LogP contribution in [-0.4, -0.2) is 13.7 Å². The molecule has 1 atom stereocenters. The monoisotopic (exact) mass is 193 g/mol. The Labute approximate surface area is 74.9 Å². The highest BCUT2D eigenvalue weighted by molar-refractivity contribution is 7.86. The van der Waals surface area contributed by atoms with Gasteiger partial charge >= 0.3 is 0 Å². The van der Waals surface area contributed by atoms with E-state index in [4.69, 9.17) is 0 Å². The first-order valence-electron chi connectivity index (χ1n) is 4.43. The Morgan fingerprint density at radius 1 is 1.17 bits per heavy atom. The van der Waals surface area contributed by atoms with Crippen LogP contribution in [0.25, 0.3) is 0 Å². The van der Waals surface area contributed by atoms with E-state index >= 15 is 0 Å². The molecule has 3 nitrogen and oxygen atoms in total. The van der Waals surface area contributed by atoms with E-state index in [1.54, 1.807) is 0 Å². The molecule has 0 aromatic rings. The highest BCUT2D eigenvalue weighted by atomic mass is 32.2. The fraction of sp³-hybridized carbons (Fsp3) is 1.00. The van der Waals surface area contributed by atoms with Crippen molar-refractivity contribution in [3.8, 4) is 0 Å². The number of hydrogen-bond acceptors (Lipinski definition) is 2. The molecule has 0 bridgehead atoms. The van der Waals surface area contributed by atoms with Gasteiger partial charge < -0.3 is 0 Å². The summed E-state index contributed by atoms with van der Waals surface area (Å²) in [7, 11) is -4.04. The van der Waals surface area contributed by atoms with Crippen LogP contribution in [0.1, 0.15) is 46.0 Å². The lowest BCUT2D eigenvalue weighted by Gasteiger charge is -2.04. The third kappa shape index (κ3) is 5.55. The normalized spacial score (nSPS) is 14.6. The van der Waals surface area contributed by atoms with Crippen LogP contribution in [0.2, 0.25) is 0 Å². The van der Waals surface area contributed by atoms with Gasteiger partial charge in [0.1, 0.15) is 0 Å². The molecular formula is C8H17O3S. The second kappa shape index (κ2) is 5.54. The van der Waals surface area contributed by atoms with Crippen molar-refractivity contribution in [1.82, 2.24) is 0 Å². The predicted octanol–water partition coefficient (Wildman–Crippen LogP) is 2.11. The summed E-state index contributed by atoms with van der Waals surface area (Å²) in [6.07, 6.45) is 4.61. The first-order chi connectivity index (χ1) is 5.48. The molecule has 0 rings (SSSR count). The SMILES string of the molecule is CCCCCCC(C)S([O])(=O)=O. The third-order valence-corrected chi connectivity index (χ3v) is 3.18. The molecule has 4 heteroatoms. The number of rotatable bonds is 6. The maximum absolute atomic E-state index is 10.4. The van der Waals surface area contributed by atoms with Crippen molar-refractivity contribution in [2.75, 3.05) is 0 Å². The van der Waals surface area contributed by atoms with Crippen LogP contribution < -0.4 is 0 Å². The Balaban J connectivity index is 3.52. The van der Waals surface area contributed by atoms with Crippen molar-refractivity contribution in [2.24, 2.45) is 0 Å². The van der Waals surface area contributed by atoms with Crippen LogP contribution in [0.3, 0.4) is 0 Å². The molecule has 1 radical (unpaired) electrons. The fourth-order valence-electron chi connectivity index (χ4n) is 1.00. The second-order valence-corrected chi connectivity index (χ2v) is 4.94. The number of unbranched alkanes of at least 4 members (excludes halogenated alkanes) is 3. The number of hydrogen-bond donors (Lipinski definition) is 0. The molecular weight excluding hydrogens is 176 g/mol. The minimum atomic E-state index is -4.04. The van der Waals surface area contributed by atoms with E-state index in [2.05, 4.69) is 6.92 Å². The molecule has 0 fully saturated rings. The molecule has 0 spiro atoms. The molecule has 0 aromatic carbocycles. The Morgan fingerprint density at radius 2 is 1.75 bits per heavy atom. The summed E-state index contributed by atoms with van der Waals surface area (Å²) in [5, 5.41) is -0.714. The Bertz CT molecular complexity index is 196. The topological polar surface area (TPSA) is 54.0 Å². The largest absolute Gasteiger partial charge is 0.297 e. The van der Waals surface area contributed by atoms with E-state index in [0.717, 1.165) is 25.7 Å². The van der Waals surface area contributed by atoms with Gasteiger partial charge in [0.05, 0.1) is 5.25 Å². The van der Waals surface area contributed by atoms with Crippen LogP contribution in [0.4, 0.5) is 0 Å². The smallest absolute Gasteiger partial charge is 0.197 e. The second-order valence-electron chi connectivity index (χ2n) is 3.15. The van der Waals surface area contributed by atoms with Crippen molar-refractivity contribution in [3.05, 3.63) is 0 Å². The average molecular weight is 193 g/mol. The molecule has 12 heavy (non-hydrogen) atoms. The van der Waals surface area contributed by atoms with Gasteiger partial charge in [-0.3, -0.25) is 0 Å². The maximum Gasteiger partial charge on any atom is 0.297 e. The van der Waals surface area contributed by atoms with E-state index in [9.17, 15) is 13.0 Å². The molecule has 0 N–H and O–H groups in total. The van der Waals surface area contributed by atoms with Gasteiger partial charge in [-0.1, -0.05) is 37.2 Å². The molecule has 0 aliphatic rings. The van der Waals surface area contributed by atoms with Crippen LogP contribution in [-0.2, 0) is 14.7 Å². The van der Waals surface area contributed by atoms with Crippen molar-refractivity contribution >= 4 is 10.1 Å². The van der Waals surface area contributed by atoms with Gasteiger partial charge in [0.15, 0.2) is 0 Å². The van der Waals surface area contributed by atoms with Gasteiger partial charge in [0.25, 0.3) is 10.1 Å². The first-order valence-corrected chi connectivity index (χ1v) is 5.90. The predicted molar refractivity (Wildman–Crippen MR) is 47.8 cm³/mol. The third-order valence-electron chi connectivity index (χ3n) is 1.96. The minimum absolute atomic E-state index is 0.506. The summed E-state index contributed by atoms with van der Waals surface area (Å²) in [5.41, 5.74) is 0. The molecule has 0 aromatic heterocycles. The fourth-order valence-corrected chi connectivity index (χ4v) is 1.46. The molecule has 0 saturated carbocycles. The first kappa shape index (κ1) is 11.9. The van der Waals surface area contributed by atoms with Crippen LogP contribution in [0, 0.1) is 0 Å². The van der Waals surface area contributed by atoms with Gasteiger partial charge in [-0.2, -0.15) is 8.42 Å². The highest BCUT2D eigenvalue weighted by Gasteiger charge is 2.17. The Morgan fingerprint density at radius 3 is 2.17 bits per heavy atom. The Kier molecular flexibility index (Phi) is 5.50. The lowest BCUT2D eigenvalue weighted by Crippen LogP contribution is -2.14. The Hall–Kier alpha value is -0.0900. The van der Waals surface area contributed by atoms with Crippen LogP contribution in [0.15, 0.2) is 0 Å². The summed E-state index contributed by atoms with van der Waals surface area (Å²) in [6.45, 7) is 3.57. The van der Waals surface area contributed by atoms with Gasteiger partial charge in [-0.25, -0.2) is 0 Å². The molecule has 0 heterocycles. The zero-order valence-corrected chi connectivity index (χ0v) is 8.56. The summed E-state index contributed by atoms with van der Waals surface area (Å²) in [6, 6.07) is 0. The highest BCUT2D eigenvalue weighted by Crippen LogP contribution is 2.10. The standard InChI is InChI=1S/C8H17O3S/c1-3-4-5-6-7-8(2)12(9,10)11/h8H,3-7H2,1-2H3. The molecule has 0 amide bonds. The molecule has 0 aliphatic carbocycles. The molecule has 0 aliphatic heterocycles. The van der Waals surface area contributed by atoms with Gasteiger partial charge in [0.2, 0.25) is 0 Å². The van der Waals surface area contributed by atoms with Crippen molar-refractivity contribution in [2.45, 2.75) is 51.2 Å². The molecule has 0 saturated heterocycles. The van der Waals surface area contributed by atoms with Crippen molar-refractivity contribution < 1.29 is 13.0 Å². The lowest BCUT2D eigenvalue weighted by molar-refractivity contribution is 0.399. The summed E-state index contributed by atoms with van der Waals surface area (Å²) >= 11 is 0. The molecule has 73 valence electrons. The van der Waals surface area contributed by atoms with Crippen LogP contribution >= 0.6 is 0 Å². The summed E-state index contributed by atoms with van der Waals surface area (Å²) in [5.74, 6) is 0. The average Bonchev–Trinajstić information content (AvgIpc) is 1.96. The summed E-state index contributed by atoms with van der Waals surface area (Å²) < 4.78 is 31.3. The minimum Gasteiger partial charge on any atom is -0.197 e. The molecule has 1 unspecified atom stereocenters. The van der Waals surface area contributed by atoms with Gasteiger partial charge in [-0.05, 0) is 13.3 Å². The van der Waals surface area contributed by atoms with E-state index in [-0.39, 0.29) is 0 Å². The van der Waals surface area contributed by atoms with E-state index in [1.807, 2.05) is 0 Å². The van der Waals surface area contributed by atoms with E-state index < -0.39 is 15.4 Å². The maximum atomic E-state index is 10.4. The zero-order chi connectivity index (χ0) is 9.61. The quantitative estimate of drug-likeness (QED) is 0.606. The summed E-state index contributed by atoms with van der Waals surface area (Å²) in [4.78, 5) is 0. The van der Waals surface area contributed by atoms with Gasteiger partial charge in [-0.15, -0.1) is 0 Å².